The molecule has 0 saturated heterocycles. The maximum absolute atomic E-state index is 10.7. The second kappa shape index (κ2) is 8.34. The lowest BCUT2D eigenvalue weighted by atomic mass is 10.2. The van der Waals surface area contributed by atoms with Crippen LogP contribution < -0.4 is 10.6 Å². The van der Waals surface area contributed by atoms with Crippen molar-refractivity contribution in [3.05, 3.63) is 80.6 Å². The van der Waals surface area contributed by atoms with E-state index in [1.54, 1.807) is 47.4 Å². The Morgan fingerprint density at radius 1 is 1.11 bits per heavy atom. The van der Waals surface area contributed by atoms with E-state index in [9.17, 15) is 10.1 Å². The van der Waals surface area contributed by atoms with E-state index >= 15 is 0 Å². The van der Waals surface area contributed by atoms with E-state index in [1.165, 1.54) is 12.1 Å². The van der Waals surface area contributed by atoms with E-state index in [0.717, 1.165) is 5.56 Å². The molecule has 3 rings (SSSR count). The standard InChI is InChI=1S/C17H13Cl2N5O2S/c18-15-2-1-3-16(19)14(15)10-23-9-12(8-20-23)22-17(27)21-11-4-6-13(7-5-11)24(25)26/h1-9H,10H2,(H2,21,22,27). The van der Waals surface area contributed by atoms with E-state index < -0.39 is 4.92 Å². The number of thiocarbonyl (C=S) groups is 1. The van der Waals surface area contributed by atoms with Crippen molar-refractivity contribution in [2.75, 3.05) is 10.6 Å². The Balaban J connectivity index is 1.61. The van der Waals surface area contributed by atoms with Gasteiger partial charge in [-0.1, -0.05) is 29.3 Å². The highest BCUT2D eigenvalue weighted by atomic mass is 35.5. The number of nitro benzene ring substituents is 1. The van der Waals surface area contributed by atoms with Crippen LogP contribution >= 0.6 is 35.4 Å². The Morgan fingerprint density at radius 2 is 1.74 bits per heavy atom. The molecule has 0 amide bonds. The Bertz CT molecular complexity index is 971. The molecular weight excluding hydrogens is 409 g/mol. The lowest BCUT2D eigenvalue weighted by Gasteiger charge is -2.09. The summed E-state index contributed by atoms with van der Waals surface area (Å²) in [5.41, 5.74) is 2.10. The summed E-state index contributed by atoms with van der Waals surface area (Å²) in [5, 5.41) is 22.4. The van der Waals surface area contributed by atoms with Crippen LogP contribution in [0, 0.1) is 10.1 Å². The van der Waals surface area contributed by atoms with Gasteiger partial charge in [-0.3, -0.25) is 14.8 Å². The zero-order valence-corrected chi connectivity index (χ0v) is 16.1. The fraction of sp³-hybridized carbons (Fsp3) is 0.0588. The Hall–Kier alpha value is -2.68. The quantitative estimate of drug-likeness (QED) is 0.344. The van der Waals surface area contributed by atoms with Crippen LogP contribution in [0.15, 0.2) is 54.9 Å². The van der Waals surface area contributed by atoms with Crippen molar-refractivity contribution in [2.24, 2.45) is 0 Å². The average Bonchev–Trinajstić information content (AvgIpc) is 3.05. The summed E-state index contributed by atoms with van der Waals surface area (Å²) in [6, 6.07) is 11.3. The summed E-state index contributed by atoms with van der Waals surface area (Å²) < 4.78 is 1.68. The Kier molecular flexibility index (Phi) is 5.90. The van der Waals surface area contributed by atoms with Crippen LogP contribution in [0.5, 0.6) is 0 Å². The molecule has 0 radical (unpaired) electrons. The van der Waals surface area contributed by atoms with Gasteiger partial charge in [0.1, 0.15) is 0 Å². The monoisotopic (exact) mass is 421 g/mol. The van der Waals surface area contributed by atoms with E-state index in [-0.39, 0.29) is 5.69 Å². The van der Waals surface area contributed by atoms with Crippen LogP contribution in [-0.4, -0.2) is 19.8 Å². The number of nitro groups is 1. The molecule has 10 heteroatoms. The zero-order valence-electron chi connectivity index (χ0n) is 13.7. The fourth-order valence-electron chi connectivity index (χ4n) is 2.32. The van der Waals surface area contributed by atoms with Gasteiger partial charge in [0, 0.05) is 39.6 Å². The third-order valence-electron chi connectivity index (χ3n) is 3.61. The van der Waals surface area contributed by atoms with Crippen LogP contribution in [-0.2, 0) is 6.54 Å². The molecule has 138 valence electrons. The first-order valence-corrected chi connectivity index (χ1v) is 8.86. The van der Waals surface area contributed by atoms with Crippen molar-refractivity contribution in [3.63, 3.8) is 0 Å². The van der Waals surface area contributed by atoms with E-state index in [2.05, 4.69) is 15.7 Å². The van der Waals surface area contributed by atoms with Crippen molar-refractivity contribution >= 4 is 57.6 Å². The summed E-state index contributed by atoms with van der Waals surface area (Å²) in [6.45, 7) is 0.419. The number of rotatable bonds is 5. The minimum Gasteiger partial charge on any atom is -0.332 e. The second-order valence-electron chi connectivity index (χ2n) is 5.51. The largest absolute Gasteiger partial charge is 0.332 e. The van der Waals surface area contributed by atoms with Gasteiger partial charge in [0.05, 0.1) is 23.4 Å². The molecule has 0 fully saturated rings. The van der Waals surface area contributed by atoms with Gasteiger partial charge in [0.2, 0.25) is 0 Å². The molecule has 2 aromatic carbocycles. The molecule has 0 atom stereocenters. The van der Waals surface area contributed by atoms with Crippen molar-refractivity contribution in [3.8, 4) is 0 Å². The normalized spacial score (nSPS) is 10.4. The molecule has 2 N–H and O–H groups in total. The van der Waals surface area contributed by atoms with Gasteiger partial charge in [0.15, 0.2) is 5.11 Å². The SMILES string of the molecule is O=[N+]([O-])c1ccc(NC(=S)Nc2cnn(Cc3c(Cl)cccc3Cl)c2)cc1. The van der Waals surface area contributed by atoms with Crippen LogP contribution in [0.1, 0.15) is 5.56 Å². The Morgan fingerprint density at radius 3 is 2.37 bits per heavy atom. The number of aromatic nitrogens is 2. The predicted octanol–water partition coefficient (Wildman–Crippen LogP) is 4.96. The number of hydrogen-bond acceptors (Lipinski definition) is 4. The minimum atomic E-state index is -0.458. The summed E-state index contributed by atoms with van der Waals surface area (Å²) in [4.78, 5) is 10.2. The number of benzene rings is 2. The highest BCUT2D eigenvalue weighted by Crippen LogP contribution is 2.25. The van der Waals surface area contributed by atoms with Gasteiger partial charge in [-0.15, -0.1) is 0 Å². The molecule has 0 spiro atoms. The van der Waals surface area contributed by atoms with Crippen LogP contribution in [0.3, 0.4) is 0 Å². The summed E-state index contributed by atoms with van der Waals surface area (Å²) in [6.07, 6.45) is 3.39. The van der Waals surface area contributed by atoms with Crippen LogP contribution in [0.4, 0.5) is 17.1 Å². The highest BCUT2D eigenvalue weighted by molar-refractivity contribution is 7.80. The summed E-state index contributed by atoms with van der Waals surface area (Å²) in [7, 11) is 0. The first kappa shape index (κ1) is 19.1. The third kappa shape index (κ3) is 4.94. The minimum absolute atomic E-state index is 0.0129. The molecule has 7 nitrogen and oxygen atoms in total. The predicted molar refractivity (Wildman–Crippen MR) is 111 cm³/mol. The van der Waals surface area contributed by atoms with Crippen molar-refractivity contribution < 1.29 is 4.92 Å². The van der Waals surface area contributed by atoms with Crippen molar-refractivity contribution in [1.29, 1.82) is 0 Å². The van der Waals surface area contributed by atoms with Gasteiger partial charge in [-0.05, 0) is 36.5 Å². The molecule has 27 heavy (non-hydrogen) atoms. The highest BCUT2D eigenvalue weighted by Gasteiger charge is 2.09. The molecule has 0 aliphatic rings. The maximum Gasteiger partial charge on any atom is 0.269 e. The van der Waals surface area contributed by atoms with Crippen molar-refractivity contribution in [1.82, 2.24) is 9.78 Å². The third-order valence-corrected chi connectivity index (χ3v) is 4.52. The molecule has 0 saturated carbocycles. The number of halogens is 2. The summed E-state index contributed by atoms with van der Waals surface area (Å²) >= 11 is 17.6. The molecule has 0 aliphatic carbocycles. The lowest BCUT2D eigenvalue weighted by molar-refractivity contribution is -0.384. The first-order chi connectivity index (χ1) is 12.9. The fourth-order valence-corrected chi connectivity index (χ4v) is 3.07. The molecule has 0 bridgehead atoms. The van der Waals surface area contributed by atoms with Gasteiger partial charge in [-0.25, -0.2) is 0 Å². The van der Waals surface area contributed by atoms with Gasteiger partial charge in [0.25, 0.3) is 5.69 Å². The van der Waals surface area contributed by atoms with E-state index in [1.807, 2.05) is 0 Å². The number of anilines is 2. The van der Waals surface area contributed by atoms with Gasteiger partial charge >= 0.3 is 0 Å². The first-order valence-electron chi connectivity index (χ1n) is 7.70. The molecule has 1 aromatic heterocycles. The average molecular weight is 422 g/mol. The molecule has 3 aromatic rings. The molecule has 0 aliphatic heterocycles. The Labute approximate surface area is 170 Å². The number of non-ortho nitro benzene ring substituents is 1. The molecular formula is C17H13Cl2N5O2S. The number of nitrogens with zero attached hydrogens (tertiary/aromatic N) is 3. The smallest absolute Gasteiger partial charge is 0.269 e. The van der Waals surface area contributed by atoms with Crippen molar-refractivity contribution in [2.45, 2.75) is 6.54 Å². The van der Waals surface area contributed by atoms with E-state index in [0.29, 0.717) is 33.1 Å². The number of nitrogens with one attached hydrogen (secondary N) is 2. The van der Waals surface area contributed by atoms with Gasteiger partial charge in [-0.2, -0.15) is 5.10 Å². The van der Waals surface area contributed by atoms with Gasteiger partial charge < -0.3 is 10.6 Å². The second-order valence-corrected chi connectivity index (χ2v) is 6.73. The van der Waals surface area contributed by atoms with Crippen LogP contribution in [0.25, 0.3) is 0 Å². The lowest BCUT2D eigenvalue weighted by Crippen LogP contribution is -2.18. The molecule has 0 unspecified atom stereocenters. The molecule has 1 heterocycles. The zero-order chi connectivity index (χ0) is 19.4. The maximum atomic E-state index is 10.7. The van der Waals surface area contributed by atoms with E-state index in [4.69, 9.17) is 35.4 Å². The summed E-state index contributed by atoms with van der Waals surface area (Å²) in [5.74, 6) is 0. The van der Waals surface area contributed by atoms with Crippen LogP contribution in [0.2, 0.25) is 10.0 Å². The topological polar surface area (TPSA) is 85.0 Å². The number of hydrogen-bond donors (Lipinski definition) is 2.